The van der Waals surface area contributed by atoms with Gasteiger partial charge in [0.25, 0.3) is 0 Å². The molecule has 7 saturated heterocycles. The molecule has 36 atom stereocenters. The average molecular weight is 1340 g/mol. The number of carbonyl (C=O) groups is 2. The van der Waals surface area contributed by atoms with Crippen molar-refractivity contribution in [3.8, 4) is 0 Å². The molecule has 11 aliphatic rings. The fourth-order valence-electron chi connectivity index (χ4n) is 17.4. The number of Topliss-reactive ketones (excluding diaryl/α,β-unsaturated/α-hetero) is 2. The zero-order valence-corrected chi connectivity index (χ0v) is 53.3. The Morgan fingerprint density at radius 3 is 1.75 bits per heavy atom. The molecule has 0 aromatic rings. The lowest BCUT2D eigenvalue weighted by molar-refractivity contribution is -0.408. The number of allylic oxidation sites excluding steroid dienone is 2. The monoisotopic (exact) mass is 1340 g/mol. The predicted octanol–water partition coefficient (Wildman–Crippen LogP) is -5.34. The van der Waals surface area contributed by atoms with E-state index in [9.17, 15) is 86.5 Å². The fraction of sp³-hybridized carbons (Fsp3) is 0.935. The second-order valence-electron chi connectivity index (χ2n) is 28.9. The molecule has 7 heterocycles. The van der Waals surface area contributed by atoms with Gasteiger partial charge in [-0.15, -0.1) is 0 Å². The molecule has 9 fully saturated rings. The summed E-state index contributed by atoms with van der Waals surface area (Å²) in [5.41, 5.74) is -1.61. The second kappa shape index (κ2) is 27.5. The molecule has 0 bridgehead atoms. The molecule has 0 aromatic heterocycles. The molecule has 31 heteroatoms. The van der Waals surface area contributed by atoms with Crippen LogP contribution >= 0.6 is 0 Å². The van der Waals surface area contributed by atoms with Crippen LogP contribution in [0.3, 0.4) is 0 Å². The number of fused-ring (bicyclic) bond motifs is 4. The van der Waals surface area contributed by atoms with Gasteiger partial charge in [0.05, 0.1) is 57.3 Å². The quantitative estimate of drug-likeness (QED) is 0.0605. The Balaban J connectivity index is 0.814. The summed E-state index contributed by atoms with van der Waals surface area (Å²) in [6.07, 6.45) is -45.9. The molecular weight excluding hydrogens is 1240 g/mol. The molecule has 532 valence electrons. The molecule has 93 heavy (non-hydrogen) atoms. The number of aliphatic hydroxyl groups is 16. The van der Waals surface area contributed by atoms with E-state index in [4.69, 9.17) is 61.6 Å². The van der Waals surface area contributed by atoms with Gasteiger partial charge in [-0.2, -0.15) is 0 Å². The van der Waals surface area contributed by atoms with Gasteiger partial charge in [0.15, 0.2) is 49.3 Å². The second-order valence-corrected chi connectivity index (χ2v) is 28.9. The van der Waals surface area contributed by atoms with E-state index >= 15 is 4.79 Å². The highest BCUT2D eigenvalue weighted by Crippen LogP contribution is 2.73. The number of hydrogen-bond donors (Lipinski definition) is 16. The van der Waals surface area contributed by atoms with Crippen LogP contribution in [0.2, 0.25) is 0 Å². The average Bonchev–Trinajstić information content (AvgIpc) is 1.56. The minimum Gasteiger partial charge on any atom is -0.396 e. The maximum absolute atomic E-state index is 15.3. The third kappa shape index (κ3) is 12.3. The normalized spacial score (nSPS) is 54.4. The van der Waals surface area contributed by atoms with Crippen molar-refractivity contribution in [3.63, 3.8) is 0 Å². The summed E-state index contributed by atoms with van der Waals surface area (Å²) in [6.45, 7) is 9.59. The molecule has 0 aromatic carbocycles. The summed E-state index contributed by atoms with van der Waals surface area (Å²) < 4.78 is 79.0. The molecule has 11 rings (SSSR count). The van der Waals surface area contributed by atoms with Crippen molar-refractivity contribution in [2.75, 3.05) is 39.6 Å². The Bertz CT molecular complexity index is 2660. The van der Waals surface area contributed by atoms with Gasteiger partial charge in [-0.1, -0.05) is 45.8 Å². The zero-order chi connectivity index (χ0) is 67.5. The van der Waals surface area contributed by atoms with Crippen LogP contribution in [0.4, 0.5) is 0 Å². The van der Waals surface area contributed by atoms with E-state index in [1.807, 2.05) is 13.8 Å². The summed E-state index contributed by atoms with van der Waals surface area (Å²) >= 11 is 0. The summed E-state index contributed by atoms with van der Waals surface area (Å²) in [4.78, 5) is 28.2. The molecule has 4 aliphatic carbocycles. The molecule has 1 spiro atoms. The number of aliphatic hydroxyl groups excluding tert-OH is 16. The van der Waals surface area contributed by atoms with Crippen molar-refractivity contribution in [1.82, 2.24) is 0 Å². The first kappa shape index (κ1) is 72.2. The maximum atomic E-state index is 15.3. The number of rotatable bonds is 17. The summed E-state index contributed by atoms with van der Waals surface area (Å²) in [7, 11) is 0. The van der Waals surface area contributed by atoms with Crippen LogP contribution < -0.4 is 0 Å². The number of hydrogen-bond acceptors (Lipinski definition) is 31. The van der Waals surface area contributed by atoms with Gasteiger partial charge in [0, 0.05) is 11.8 Å². The standard InChI is InChI=1S/C62H98O31/c1-8-27(65)31-15-23(2)62(93-31)21-58(4)13-11-25-26(61(58,7)57(62)80)9-10-34-59(25,5)14-12-35(60(34,6)22-64)88-53-46(79)43(76)40(73)33(87-53)20-84-54-48(38(71)29(67)18-82-54)91-56-50(92-52-45(78)42(75)36(69)24(3)85-52)47(41(74)32(16-63)86-56)89-55-49(39(72)30(68)19-83-55)90-51-44(77)37(70)28(66)17-81-51/h23-24,28-56,63-64,66-79H,8-22H2,1-7H3. The first-order valence-electron chi connectivity index (χ1n) is 32.8. The molecule has 0 radical (unpaired) electrons. The van der Waals surface area contributed by atoms with Crippen LogP contribution in [0.5, 0.6) is 0 Å². The predicted molar refractivity (Wildman–Crippen MR) is 306 cm³/mol. The highest BCUT2D eigenvalue weighted by atomic mass is 16.8. The molecule has 36 unspecified atom stereocenters. The van der Waals surface area contributed by atoms with Gasteiger partial charge in [0.1, 0.15) is 134 Å². The lowest BCUT2D eigenvalue weighted by Crippen LogP contribution is -2.68. The van der Waals surface area contributed by atoms with Crippen LogP contribution in [0, 0.1) is 33.5 Å². The van der Waals surface area contributed by atoms with E-state index in [1.54, 1.807) is 6.92 Å². The van der Waals surface area contributed by atoms with Crippen molar-refractivity contribution in [3.05, 3.63) is 11.1 Å². The van der Waals surface area contributed by atoms with Gasteiger partial charge in [-0.05, 0) is 87.9 Å². The van der Waals surface area contributed by atoms with Crippen LogP contribution in [0.15, 0.2) is 11.1 Å². The highest BCUT2D eigenvalue weighted by molar-refractivity contribution is 6.00. The Morgan fingerprint density at radius 2 is 1.11 bits per heavy atom. The molecule has 31 nitrogen and oxygen atoms in total. The largest absolute Gasteiger partial charge is 0.396 e. The topological polar surface area (TPSA) is 478 Å². The third-order valence-corrected chi connectivity index (χ3v) is 23.4. The zero-order valence-electron chi connectivity index (χ0n) is 53.3. The van der Waals surface area contributed by atoms with Gasteiger partial charge >= 0.3 is 0 Å². The Kier molecular flexibility index (Phi) is 21.3. The lowest BCUT2D eigenvalue weighted by atomic mass is 9.44. The van der Waals surface area contributed by atoms with E-state index in [0.29, 0.717) is 57.8 Å². The minimum atomic E-state index is -2.07. The Labute approximate surface area is 537 Å². The van der Waals surface area contributed by atoms with Gasteiger partial charge in [-0.25, -0.2) is 0 Å². The SMILES string of the molecule is CCC(=O)C1CC(C)C2(CC3(C)CCC4=C(CCC5C4(C)CCC(OC4OC(COC6OCC(O)C(O)C6OC6OC(CO)C(O)C(OC7OCC(O)C(O)C7OC7OCC(O)C(O)C7O)C6OC6OC(C)C(O)C(O)C6O)C(O)C(O)C4O)C5(C)CO)C3(C)C2=O)O1. The van der Waals surface area contributed by atoms with E-state index in [0.717, 1.165) is 5.57 Å². The molecule has 0 amide bonds. The number of ether oxygens (including phenoxy) is 13. The van der Waals surface area contributed by atoms with Crippen LogP contribution in [0.1, 0.15) is 106 Å². The first-order valence-corrected chi connectivity index (χ1v) is 32.8. The lowest BCUT2D eigenvalue weighted by Gasteiger charge is -2.62. The van der Waals surface area contributed by atoms with E-state index in [-0.39, 0.29) is 30.0 Å². The van der Waals surface area contributed by atoms with Crippen molar-refractivity contribution in [1.29, 1.82) is 0 Å². The maximum Gasteiger partial charge on any atom is 0.187 e. The summed E-state index contributed by atoms with van der Waals surface area (Å²) in [5.74, 6) is -0.351. The minimum absolute atomic E-state index is 0.0117. The molecular formula is C62H98O31. The Morgan fingerprint density at radius 1 is 0.548 bits per heavy atom. The van der Waals surface area contributed by atoms with Crippen LogP contribution in [-0.2, 0) is 71.2 Å². The fourth-order valence-corrected chi connectivity index (χ4v) is 17.4. The van der Waals surface area contributed by atoms with Crippen LogP contribution in [-0.4, -0.2) is 317 Å². The number of carbonyl (C=O) groups excluding carboxylic acids is 2. The molecule has 16 N–H and O–H groups in total. The van der Waals surface area contributed by atoms with Crippen molar-refractivity contribution in [2.24, 2.45) is 33.5 Å². The first-order chi connectivity index (χ1) is 43.8. The van der Waals surface area contributed by atoms with E-state index in [1.165, 1.54) is 12.5 Å². The number of ketones is 2. The van der Waals surface area contributed by atoms with Gasteiger partial charge in [-0.3, -0.25) is 9.59 Å². The smallest absolute Gasteiger partial charge is 0.187 e. The van der Waals surface area contributed by atoms with E-state index in [2.05, 4.69) is 20.8 Å². The van der Waals surface area contributed by atoms with Crippen molar-refractivity contribution >= 4 is 11.6 Å². The summed E-state index contributed by atoms with van der Waals surface area (Å²) in [5, 5.41) is 177. The molecule has 7 aliphatic heterocycles. The Hall–Kier alpha value is -2.08. The van der Waals surface area contributed by atoms with Crippen LogP contribution in [0.25, 0.3) is 0 Å². The van der Waals surface area contributed by atoms with Gasteiger partial charge in [0.2, 0.25) is 0 Å². The third-order valence-electron chi connectivity index (χ3n) is 23.4. The van der Waals surface area contributed by atoms with Gasteiger partial charge < -0.3 is 143 Å². The van der Waals surface area contributed by atoms with E-state index < -0.39 is 238 Å². The van der Waals surface area contributed by atoms with Crippen molar-refractivity contribution < 1.29 is 153 Å². The molecule has 2 saturated carbocycles. The summed E-state index contributed by atoms with van der Waals surface area (Å²) in [6, 6.07) is 0. The van der Waals surface area contributed by atoms with Crippen molar-refractivity contribution in [2.45, 2.75) is 290 Å². The highest BCUT2D eigenvalue weighted by Gasteiger charge is 2.74.